The lowest BCUT2D eigenvalue weighted by Crippen LogP contribution is -2.38. The van der Waals surface area contributed by atoms with Gasteiger partial charge in [-0.25, -0.2) is 19.6 Å². The van der Waals surface area contributed by atoms with Gasteiger partial charge in [0.25, 0.3) is 0 Å². The summed E-state index contributed by atoms with van der Waals surface area (Å²) in [6.07, 6.45) is 7.19. The van der Waals surface area contributed by atoms with Gasteiger partial charge in [-0.15, -0.1) is 0 Å². The molecule has 4 heterocycles. The molecular formula is C42H48N6O4. The van der Waals surface area contributed by atoms with Crippen LogP contribution in [-0.2, 0) is 35.2 Å². The molecule has 0 bridgehead atoms. The Morgan fingerprint density at radius 1 is 0.635 bits per heavy atom. The number of amides is 2. The molecule has 2 amide bonds. The maximum absolute atomic E-state index is 13.3. The minimum absolute atomic E-state index is 0.0744. The van der Waals surface area contributed by atoms with Gasteiger partial charge in [0, 0.05) is 34.6 Å². The molecule has 4 fully saturated rings. The highest BCUT2D eigenvalue weighted by atomic mass is 16.6. The van der Waals surface area contributed by atoms with Crippen molar-refractivity contribution in [1.82, 2.24) is 29.7 Å². The lowest BCUT2D eigenvalue weighted by molar-refractivity contribution is 0.0164. The molecule has 2 aliphatic heterocycles. The second kappa shape index (κ2) is 11.0. The minimum Gasteiger partial charge on any atom is -0.444 e. The second-order valence-electron chi connectivity index (χ2n) is 18.0. The van der Waals surface area contributed by atoms with E-state index in [9.17, 15) is 9.59 Å². The number of piperidine rings is 2. The van der Waals surface area contributed by atoms with Crippen LogP contribution in [0.4, 0.5) is 9.59 Å². The van der Waals surface area contributed by atoms with Gasteiger partial charge in [0.05, 0.1) is 23.5 Å². The summed E-state index contributed by atoms with van der Waals surface area (Å²) in [6.45, 7) is 11.5. The van der Waals surface area contributed by atoms with Crippen LogP contribution in [0.15, 0.2) is 36.4 Å². The summed E-state index contributed by atoms with van der Waals surface area (Å²) >= 11 is 0. The van der Waals surface area contributed by atoms with Crippen LogP contribution in [0, 0.1) is 11.8 Å². The van der Waals surface area contributed by atoms with Gasteiger partial charge >= 0.3 is 12.2 Å². The fraction of sp³-hybridized carbons (Fsp3) is 0.524. The van der Waals surface area contributed by atoms with Crippen LogP contribution in [0.1, 0.15) is 113 Å². The third-order valence-corrected chi connectivity index (χ3v) is 12.0. The molecule has 2 aromatic carbocycles. The molecule has 4 aliphatic carbocycles. The standard InChI is InChI=1S/C42H48N6O4/c1-41(2,3)51-39(49)47-31-17-25(31)19-33(47)37-43-29-14-11-24-15-22(9-12-27(24)35(29)45-37)23-8-7-21-10-13-30-36(28(21)16-23)46-38(44-30)34-20-26-18-32(26)48(34)40(50)52-42(4,5)6/h7-9,12,15-16,25-26,31-34H,10-11,13-14,17-20H2,1-6H3,(H,43,45)(H,44,46)/t25-,26-,31-,32-,33-,34-/m0/s1. The molecule has 2 saturated carbocycles. The Balaban J connectivity index is 0.919. The molecule has 52 heavy (non-hydrogen) atoms. The van der Waals surface area contributed by atoms with Crippen molar-refractivity contribution in [3.63, 3.8) is 0 Å². The van der Waals surface area contributed by atoms with Crippen LogP contribution in [0.3, 0.4) is 0 Å². The summed E-state index contributed by atoms with van der Waals surface area (Å²) < 4.78 is 11.6. The monoisotopic (exact) mass is 700 g/mol. The van der Waals surface area contributed by atoms with Gasteiger partial charge < -0.3 is 19.4 Å². The summed E-state index contributed by atoms with van der Waals surface area (Å²) in [6, 6.07) is 13.9. The lowest BCUT2D eigenvalue weighted by atomic mass is 9.87. The number of likely N-dealkylation sites (tertiary alicyclic amines) is 2. The van der Waals surface area contributed by atoms with Crippen LogP contribution in [0.25, 0.3) is 33.6 Å². The Morgan fingerprint density at radius 3 is 1.69 bits per heavy atom. The number of imidazole rings is 2. The Labute approximate surface area is 304 Å². The number of aromatic amines is 2. The first-order valence-corrected chi connectivity index (χ1v) is 19.2. The van der Waals surface area contributed by atoms with E-state index in [1.807, 2.05) is 51.3 Å². The topological polar surface area (TPSA) is 116 Å². The van der Waals surface area contributed by atoms with Gasteiger partial charge in [0.15, 0.2) is 0 Å². The summed E-state index contributed by atoms with van der Waals surface area (Å²) in [5, 5.41) is 0. The van der Waals surface area contributed by atoms with Crippen LogP contribution in [0.5, 0.6) is 0 Å². The fourth-order valence-electron chi connectivity index (χ4n) is 9.46. The third-order valence-electron chi connectivity index (χ3n) is 12.0. The van der Waals surface area contributed by atoms with E-state index in [4.69, 9.17) is 19.4 Å². The quantitative estimate of drug-likeness (QED) is 0.222. The number of aromatic nitrogens is 4. The van der Waals surface area contributed by atoms with Gasteiger partial charge in [0.2, 0.25) is 0 Å². The molecule has 6 aliphatic rings. The number of benzene rings is 2. The van der Waals surface area contributed by atoms with E-state index in [1.165, 1.54) is 33.4 Å². The highest BCUT2D eigenvalue weighted by Gasteiger charge is 2.57. The van der Waals surface area contributed by atoms with Crippen molar-refractivity contribution in [1.29, 1.82) is 0 Å². The number of rotatable bonds is 3. The SMILES string of the molecule is CC(C)(C)OC(=O)N1[C@H](c2nc3c([nH]2)CCc2cc(-c4ccc5c(c4)-c4nc([C@@H]6C[C@@H]7C[C@@H]7N6C(=O)OC(C)(C)C)[nH]c4CC5)ccc2-3)C[C@@H]2C[C@@H]21. The molecule has 2 aromatic heterocycles. The lowest BCUT2D eigenvalue weighted by Gasteiger charge is -2.29. The number of carbonyl (C=O) groups excluding carboxylic acids is 2. The molecule has 10 rings (SSSR count). The maximum atomic E-state index is 13.3. The zero-order chi connectivity index (χ0) is 35.8. The average molecular weight is 701 g/mol. The van der Waals surface area contributed by atoms with Gasteiger partial charge in [-0.1, -0.05) is 30.3 Å². The molecule has 2 saturated heterocycles. The van der Waals surface area contributed by atoms with Gasteiger partial charge in [-0.2, -0.15) is 0 Å². The summed E-state index contributed by atoms with van der Waals surface area (Å²) in [7, 11) is 0. The smallest absolute Gasteiger partial charge is 0.411 e. The largest absolute Gasteiger partial charge is 0.444 e. The highest BCUT2D eigenvalue weighted by Crippen LogP contribution is 2.55. The van der Waals surface area contributed by atoms with Crippen molar-refractivity contribution in [2.75, 3.05) is 0 Å². The van der Waals surface area contributed by atoms with Crippen molar-refractivity contribution in [3.05, 3.63) is 70.6 Å². The zero-order valence-electron chi connectivity index (χ0n) is 31.0. The number of fused-ring (bicyclic) bond motifs is 8. The fourth-order valence-corrected chi connectivity index (χ4v) is 9.46. The summed E-state index contributed by atoms with van der Waals surface area (Å²) in [4.78, 5) is 48.1. The molecule has 270 valence electrons. The normalized spacial score (nSPS) is 26.5. The Bertz CT molecular complexity index is 2150. The first-order chi connectivity index (χ1) is 24.8. The predicted octanol–water partition coefficient (Wildman–Crippen LogP) is 8.47. The Morgan fingerprint density at radius 2 is 1.13 bits per heavy atom. The molecule has 0 spiro atoms. The highest BCUT2D eigenvalue weighted by molar-refractivity contribution is 5.80. The summed E-state index contributed by atoms with van der Waals surface area (Å²) in [5.74, 6) is 2.84. The van der Waals surface area contributed by atoms with Crippen molar-refractivity contribution >= 4 is 12.2 Å². The van der Waals surface area contributed by atoms with Crippen molar-refractivity contribution in [2.24, 2.45) is 11.8 Å². The molecule has 0 radical (unpaired) electrons. The van der Waals surface area contributed by atoms with E-state index >= 15 is 0 Å². The molecule has 4 aromatic rings. The number of hydrogen-bond donors (Lipinski definition) is 2. The molecule has 10 nitrogen and oxygen atoms in total. The number of nitrogens with one attached hydrogen (secondary N) is 2. The van der Waals surface area contributed by atoms with Crippen LogP contribution in [-0.4, -0.2) is 65.2 Å². The van der Waals surface area contributed by atoms with E-state index in [2.05, 4.69) is 46.4 Å². The van der Waals surface area contributed by atoms with Crippen molar-refractivity contribution in [3.8, 4) is 33.6 Å². The van der Waals surface area contributed by atoms with E-state index in [0.717, 1.165) is 85.8 Å². The molecule has 0 unspecified atom stereocenters. The number of nitrogens with zero attached hydrogens (tertiary/aromatic N) is 4. The number of H-pyrrole nitrogens is 2. The molecule has 10 heteroatoms. The van der Waals surface area contributed by atoms with Crippen molar-refractivity contribution < 1.29 is 19.1 Å². The molecular weight excluding hydrogens is 652 g/mol. The predicted molar refractivity (Wildman–Crippen MR) is 197 cm³/mol. The number of aryl methyl sites for hydroxylation is 4. The first-order valence-electron chi connectivity index (χ1n) is 19.2. The van der Waals surface area contributed by atoms with Crippen LogP contribution in [0.2, 0.25) is 0 Å². The van der Waals surface area contributed by atoms with Gasteiger partial charge in [-0.3, -0.25) is 9.80 Å². The Kier molecular flexibility index (Phi) is 6.76. The minimum atomic E-state index is -0.534. The number of hydrogen-bond acceptors (Lipinski definition) is 6. The average Bonchev–Trinajstić information content (AvgIpc) is 3.72. The van der Waals surface area contributed by atoms with E-state index in [0.29, 0.717) is 11.8 Å². The Hall–Kier alpha value is -4.60. The second-order valence-corrected chi connectivity index (χ2v) is 18.0. The maximum Gasteiger partial charge on any atom is 0.411 e. The van der Waals surface area contributed by atoms with Crippen LogP contribution >= 0.6 is 0 Å². The zero-order valence-corrected chi connectivity index (χ0v) is 31.0. The van der Waals surface area contributed by atoms with E-state index < -0.39 is 11.2 Å². The third kappa shape index (κ3) is 5.35. The van der Waals surface area contributed by atoms with Crippen molar-refractivity contribution in [2.45, 2.75) is 128 Å². The number of ether oxygens (including phenoxy) is 2. The van der Waals surface area contributed by atoms with Crippen LogP contribution < -0.4 is 0 Å². The molecule has 6 atom stereocenters. The summed E-state index contributed by atoms with van der Waals surface area (Å²) in [5.41, 5.74) is 10.6. The first kappa shape index (κ1) is 32.1. The number of carbonyl (C=O) groups is 2. The van der Waals surface area contributed by atoms with Gasteiger partial charge in [-0.05, 0) is 133 Å². The molecule has 2 N–H and O–H groups in total. The van der Waals surface area contributed by atoms with E-state index in [1.54, 1.807) is 0 Å². The van der Waals surface area contributed by atoms with Gasteiger partial charge in [0.1, 0.15) is 22.9 Å². The van der Waals surface area contributed by atoms with E-state index in [-0.39, 0.29) is 36.4 Å².